The molecule has 0 spiro atoms. The molecule has 1 heterocycles. The lowest BCUT2D eigenvalue weighted by atomic mass is 10.1. The molecular weight excluding hydrogens is 242 g/mol. The molecule has 2 aromatic rings. The van der Waals surface area contributed by atoms with E-state index in [1.807, 2.05) is 19.1 Å². The molecule has 0 atom stereocenters. The topological polar surface area (TPSA) is 30.0 Å². The number of rotatable bonds is 1. The van der Waals surface area contributed by atoms with Crippen molar-refractivity contribution in [3.8, 4) is 0 Å². The van der Waals surface area contributed by atoms with Crippen LogP contribution in [0.5, 0.6) is 0 Å². The average Bonchev–Trinajstić information content (AvgIpc) is 2.17. The van der Waals surface area contributed by atoms with E-state index in [4.69, 9.17) is 0 Å². The SMILES string of the molecule is Cc1cc(Br)cc2c(C=O)ccnc12. The molecule has 0 aliphatic carbocycles. The van der Waals surface area contributed by atoms with Crippen LogP contribution >= 0.6 is 15.9 Å². The molecule has 0 unspecified atom stereocenters. The van der Waals surface area contributed by atoms with Gasteiger partial charge >= 0.3 is 0 Å². The van der Waals surface area contributed by atoms with E-state index in [0.717, 1.165) is 27.2 Å². The second kappa shape index (κ2) is 3.50. The first-order chi connectivity index (χ1) is 6.72. The normalized spacial score (nSPS) is 10.4. The standard InChI is InChI=1S/C11H8BrNO/c1-7-4-9(12)5-10-8(6-14)2-3-13-11(7)10/h2-6H,1H3. The molecule has 0 N–H and O–H groups in total. The van der Waals surface area contributed by atoms with Gasteiger partial charge in [0.05, 0.1) is 5.52 Å². The second-order valence-corrected chi connectivity index (χ2v) is 4.05. The minimum atomic E-state index is 0.680. The van der Waals surface area contributed by atoms with Gasteiger partial charge < -0.3 is 0 Å². The summed E-state index contributed by atoms with van der Waals surface area (Å²) in [6, 6.07) is 5.63. The molecule has 70 valence electrons. The molecule has 1 aromatic carbocycles. The third kappa shape index (κ3) is 1.44. The number of hydrogen-bond donors (Lipinski definition) is 0. The van der Waals surface area contributed by atoms with Gasteiger partial charge in [-0.15, -0.1) is 0 Å². The zero-order valence-electron chi connectivity index (χ0n) is 7.62. The van der Waals surface area contributed by atoms with Crippen molar-refractivity contribution in [2.75, 3.05) is 0 Å². The summed E-state index contributed by atoms with van der Waals surface area (Å²) in [6.07, 6.45) is 2.52. The summed E-state index contributed by atoms with van der Waals surface area (Å²) in [5, 5.41) is 0.898. The van der Waals surface area contributed by atoms with Crippen LogP contribution in [0.25, 0.3) is 10.9 Å². The number of hydrogen-bond acceptors (Lipinski definition) is 2. The van der Waals surface area contributed by atoms with Crippen LogP contribution in [0.3, 0.4) is 0 Å². The average molecular weight is 250 g/mol. The molecule has 0 fully saturated rings. The molecule has 0 radical (unpaired) electrons. The van der Waals surface area contributed by atoms with Gasteiger partial charge in [0.1, 0.15) is 0 Å². The summed E-state index contributed by atoms with van der Waals surface area (Å²) in [4.78, 5) is 15.1. The fraction of sp³-hybridized carbons (Fsp3) is 0.0909. The summed E-state index contributed by atoms with van der Waals surface area (Å²) in [7, 11) is 0. The fourth-order valence-corrected chi connectivity index (χ4v) is 2.08. The Hall–Kier alpha value is -1.22. The van der Waals surface area contributed by atoms with Crippen molar-refractivity contribution in [3.05, 3.63) is 40.0 Å². The number of pyridine rings is 1. The van der Waals surface area contributed by atoms with E-state index < -0.39 is 0 Å². The van der Waals surface area contributed by atoms with Gasteiger partial charge in [-0.25, -0.2) is 0 Å². The maximum absolute atomic E-state index is 10.8. The van der Waals surface area contributed by atoms with E-state index >= 15 is 0 Å². The Bertz CT molecular complexity index is 508. The highest BCUT2D eigenvalue weighted by atomic mass is 79.9. The molecule has 2 rings (SSSR count). The Morgan fingerprint density at radius 2 is 2.21 bits per heavy atom. The van der Waals surface area contributed by atoms with Crippen molar-refractivity contribution >= 4 is 33.1 Å². The quantitative estimate of drug-likeness (QED) is 0.728. The number of carbonyl (C=O) groups excluding carboxylic acids is 1. The largest absolute Gasteiger partial charge is 0.298 e. The van der Waals surface area contributed by atoms with E-state index in [-0.39, 0.29) is 0 Å². The molecule has 2 nitrogen and oxygen atoms in total. The van der Waals surface area contributed by atoms with Crippen LogP contribution in [-0.2, 0) is 0 Å². The first-order valence-corrected chi connectivity index (χ1v) is 5.01. The number of aromatic nitrogens is 1. The number of aldehydes is 1. The molecule has 1 aromatic heterocycles. The molecular formula is C11H8BrNO. The third-order valence-corrected chi connectivity index (χ3v) is 2.62. The van der Waals surface area contributed by atoms with Crippen LogP contribution in [0, 0.1) is 6.92 Å². The van der Waals surface area contributed by atoms with Gasteiger partial charge in [0.25, 0.3) is 0 Å². The van der Waals surface area contributed by atoms with Crippen LogP contribution in [-0.4, -0.2) is 11.3 Å². The Kier molecular flexibility index (Phi) is 2.33. The Balaban J connectivity index is 2.93. The summed E-state index contributed by atoms with van der Waals surface area (Å²) in [5.74, 6) is 0. The second-order valence-electron chi connectivity index (χ2n) is 3.14. The fourth-order valence-electron chi connectivity index (χ4n) is 1.51. The molecule has 0 aliphatic heterocycles. The van der Waals surface area contributed by atoms with Gasteiger partial charge in [0.2, 0.25) is 0 Å². The lowest BCUT2D eigenvalue weighted by Gasteiger charge is -2.03. The zero-order valence-corrected chi connectivity index (χ0v) is 9.21. The number of aryl methyl sites for hydroxylation is 1. The Morgan fingerprint density at radius 1 is 1.43 bits per heavy atom. The van der Waals surface area contributed by atoms with Crippen LogP contribution in [0.15, 0.2) is 28.9 Å². The first-order valence-electron chi connectivity index (χ1n) is 4.22. The van der Waals surface area contributed by atoms with Crippen LogP contribution in [0.2, 0.25) is 0 Å². The third-order valence-electron chi connectivity index (χ3n) is 2.16. The monoisotopic (exact) mass is 249 g/mol. The van der Waals surface area contributed by atoms with E-state index in [2.05, 4.69) is 20.9 Å². The van der Waals surface area contributed by atoms with E-state index in [0.29, 0.717) is 5.56 Å². The van der Waals surface area contributed by atoms with E-state index in [9.17, 15) is 4.79 Å². The predicted octanol–water partition coefficient (Wildman–Crippen LogP) is 3.12. The van der Waals surface area contributed by atoms with Crippen LogP contribution in [0.4, 0.5) is 0 Å². The lowest BCUT2D eigenvalue weighted by Crippen LogP contribution is -1.89. The molecule has 0 bridgehead atoms. The summed E-state index contributed by atoms with van der Waals surface area (Å²) in [6.45, 7) is 1.98. The number of fused-ring (bicyclic) bond motifs is 1. The zero-order chi connectivity index (χ0) is 10.1. The predicted molar refractivity (Wildman–Crippen MR) is 59.6 cm³/mol. The number of halogens is 1. The highest BCUT2D eigenvalue weighted by Crippen LogP contribution is 2.23. The van der Waals surface area contributed by atoms with E-state index in [1.54, 1.807) is 12.3 Å². The van der Waals surface area contributed by atoms with Gasteiger partial charge in [0, 0.05) is 21.6 Å². The Labute approximate surface area is 90.1 Å². The Morgan fingerprint density at radius 3 is 2.93 bits per heavy atom. The van der Waals surface area contributed by atoms with Crippen LogP contribution in [0.1, 0.15) is 15.9 Å². The minimum Gasteiger partial charge on any atom is -0.298 e. The molecule has 0 aliphatic rings. The van der Waals surface area contributed by atoms with Gasteiger partial charge in [0.15, 0.2) is 6.29 Å². The number of benzene rings is 1. The number of carbonyl (C=O) groups is 1. The molecule has 3 heteroatoms. The van der Waals surface area contributed by atoms with E-state index in [1.165, 1.54) is 0 Å². The van der Waals surface area contributed by atoms with Crippen molar-refractivity contribution in [3.63, 3.8) is 0 Å². The molecule has 0 saturated heterocycles. The van der Waals surface area contributed by atoms with Gasteiger partial charge in [-0.2, -0.15) is 0 Å². The maximum Gasteiger partial charge on any atom is 0.150 e. The summed E-state index contributed by atoms with van der Waals surface area (Å²) in [5.41, 5.74) is 2.63. The van der Waals surface area contributed by atoms with Gasteiger partial charge in [-0.3, -0.25) is 9.78 Å². The van der Waals surface area contributed by atoms with Gasteiger partial charge in [-0.05, 0) is 30.7 Å². The molecule has 14 heavy (non-hydrogen) atoms. The summed E-state index contributed by atoms with van der Waals surface area (Å²) < 4.78 is 0.971. The van der Waals surface area contributed by atoms with Crippen LogP contribution < -0.4 is 0 Å². The molecule has 0 amide bonds. The molecule has 0 saturated carbocycles. The van der Waals surface area contributed by atoms with Crippen molar-refractivity contribution in [1.29, 1.82) is 0 Å². The first kappa shape index (κ1) is 9.34. The van der Waals surface area contributed by atoms with Crippen molar-refractivity contribution in [2.24, 2.45) is 0 Å². The van der Waals surface area contributed by atoms with Gasteiger partial charge in [-0.1, -0.05) is 15.9 Å². The van der Waals surface area contributed by atoms with Crippen molar-refractivity contribution in [2.45, 2.75) is 6.92 Å². The lowest BCUT2D eigenvalue weighted by molar-refractivity contribution is 0.112. The highest BCUT2D eigenvalue weighted by molar-refractivity contribution is 9.10. The smallest absolute Gasteiger partial charge is 0.150 e. The highest BCUT2D eigenvalue weighted by Gasteiger charge is 2.04. The minimum absolute atomic E-state index is 0.680. The van der Waals surface area contributed by atoms with Crippen molar-refractivity contribution < 1.29 is 4.79 Å². The number of nitrogens with zero attached hydrogens (tertiary/aromatic N) is 1. The maximum atomic E-state index is 10.8. The summed E-state index contributed by atoms with van der Waals surface area (Å²) >= 11 is 3.40. The van der Waals surface area contributed by atoms with Crippen molar-refractivity contribution in [1.82, 2.24) is 4.98 Å².